The van der Waals surface area contributed by atoms with Gasteiger partial charge in [-0.1, -0.05) is 60.1 Å². The summed E-state index contributed by atoms with van der Waals surface area (Å²) in [6.45, 7) is 0. The standard InChI is InChI=1S/C34H27ClO2/c35-32-24(11-12-31-33(32)37-30-8-4-3-7-29(30)36-31)21-9-10-26-25-5-1-2-6-27(25)34(28(26)18-21)22-14-19-13-20(16-22)17-23(34)15-19/h1-12,18-20,22-23H,13-17H2. The van der Waals surface area contributed by atoms with E-state index in [0.717, 1.165) is 40.5 Å². The normalized spacial score (nSPS) is 29.2. The highest BCUT2D eigenvalue weighted by Crippen LogP contribution is 2.69. The van der Waals surface area contributed by atoms with Gasteiger partial charge in [-0.25, -0.2) is 0 Å². The molecule has 0 aromatic heterocycles. The monoisotopic (exact) mass is 502 g/mol. The highest BCUT2D eigenvalue weighted by atomic mass is 35.5. The van der Waals surface area contributed by atoms with Crippen LogP contribution in [-0.2, 0) is 5.41 Å². The van der Waals surface area contributed by atoms with Gasteiger partial charge in [-0.05, 0) is 114 Å². The third-order valence-corrected chi connectivity index (χ3v) is 10.6. The predicted octanol–water partition coefficient (Wildman–Crippen LogP) is 9.63. The Morgan fingerprint density at radius 3 is 2.03 bits per heavy atom. The van der Waals surface area contributed by atoms with Crippen LogP contribution in [0.4, 0.5) is 0 Å². The van der Waals surface area contributed by atoms with Crippen LogP contribution in [0.5, 0.6) is 23.0 Å². The van der Waals surface area contributed by atoms with Gasteiger partial charge >= 0.3 is 0 Å². The maximum absolute atomic E-state index is 7.06. The molecule has 4 fully saturated rings. The van der Waals surface area contributed by atoms with Crippen LogP contribution in [0.25, 0.3) is 22.3 Å². The largest absolute Gasteiger partial charge is 0.449 e. The van der Waals surface area contributed by atoms with Crippen molar-refractivity contribution in [3.8, 4) is 45.3 Å². The van der Waals surface area contributed by atoms with E-state index in [1.807, 2.05) is 30.3 Å². The first-order chi connectivity index (χ1) is 18.2. The van der Waals surface area contributed by atoms with E-state index in [1.165, 1.54) is 48.8 Å². The van der Waals surface area contributed by atoms with Gasteiger partial charge in [-0.3, -0.25) is 0 Å². The zero-order chi connectivity index (χ0) is 24.3. The minimum absolute atomic E-state index is 0.147. The summed E-state index contributed by atoms with van der Waals surface area (Å²) in [6.07, 6.45) is 7.00. The van der Waals surface area contributed by atoms with Crippen molar-refractivity contribution in [2.45, 2.75) is 37.5 Å². The van der Waals surface area contributed by atoms with Crippen LogP contribution >= 0.6 is 11.6 Å². The van der Waals surface area contributed by atoms with E-state index in [1.54, 1.807) is 5.56 Å². The van der Waals surface area contributed by atoms with E-state index in [4.69, 9.17) is 21.1 Å². The van der Waals surface area contributed by atoms with Gasteiger partial charge in [0.15, 0.2) is 23.0 Å². The second-order valence-corrected chi connectivity index (χ2v) is 12.3. The Labute approximate surface area is 222 Å². The molecular weight excluding hydrogens is 476 g/mol. The average molecular weight is 503 g/mol. The summed E-state index contributed by atoms with van der Waals surface area (Å²) in [5.41, 5.74) is 8.30. The van der Waals surface area contributed by atoms with Crippen molar-refractivity contribution in [2.24, 2.45) is 23.7 Å². The van der Waals surface area contributed by atoms with Gasteiger partial charge in [0.2, 0.25) is 0 Å². The Bertz CT molecular complexity index is 1590. The molecule has 37 heavy (non-hydrogen) atoms. The first-order valence-corrected chi connectivity index (χ1v) is 14.1. The summed E-state index contributed by atoms with van der Waals surface area (Å²) in [7, 11) is 0. The highest BCUT2D eigenvalue weighted by molar-refractivity contribution is 6.35. The van der Waals surface area contributed by atoms with Gasteiger partial charge in [0, 0.05) is 11.0 Å². The molecule has 5 aliphatic carbocycles. The number of ether oxygens (including phenoxy) is 2. The number of benzene rings is 4. The Morgan fingerprint density at radius 2 is 1.24 bits per heavy atom. The second kappa shape index (κ2) is 7.20. The third-order valence-electron chi connectivity index (χ3n) is 10.2. The van der Waals surface area contributed by atoms with Crippen molar-refractivity contribution in [2.75, 3.05) is 0 Å². The molecule has 0 radical (unpaired) electrons. The lowest BCUT2D eigenvalue weighted by Gasteiger charge is -2.61. The number of fused-ring (bicyclic) bond motifs is 5. The number of halogens is 1. The summed E-state index contributed by atoms with van der Waals surface area (Å²) in [5.74, 6) is 6.04. The average Bonchev–Trinajstić information content (AvgIpc) is 3.21. The van der Waals surface area contributed by atoms with Crippen molar-refractivity contribution >= 4 is 11.6 Å². The maximum Gasteiger partial charge on any atom is 0.189 e. The maximum atomic E-state index is 7.06. The molecule has 10 rings (SSSR count). The molecule has 2 nitrogen and oxygen atoms in total. The van der Waals surface area contributed by atoms with Crippen LogP contribution < -0.4 is 9.47 Å². The molecule has 0 amide bonds. The summed E-state index contributed by atoms with van der Waals surface area (Å²) in [5, 5.41) is 0.613. The molecule has 0 saturated heterocycles. The van der Waals surface area contributed by atoms with Crippen LogP contribution in [0.15, 0.2) is 78.9 Å². The topological polar surface area (TPSA) is 18.5 Å². The zero-order valence-electron chi connectivity index (χ0n) is 20.5. The number of rotatable bonds is 1. The van der Waals surface area contributed by atoms with Crippen molar-refractivity contribution < 1.29 is 9.47 Å². The SMILES string of the molecule is Clc1c(-c2ccc3c(c2)C2(c4ccccc4-3)C3CC4CC(C3)CC2C4)ccc2c1Oc1ccccc1O2. The molecule has 4 saturated carbocycles. The van der Waals surface area contributed by atoms with E-state index in [9.17, 15) is 0 Å². The zero-order valence-corrected chi connectivity index (χ0v) is 21.3. The molecule has 0 unspecified atom stereocenters. The Morgan fingerprint density at radius 1 is 0.595 bits per heavy atom. The lowest BCUT2D eigenvalue weighted by atomic mass is 9.43. The van der Waals surface area contributed by atoms with Crippen LogP contribution in [0.3, 0.4) is 0 Å². The van der Waals surface area contributed by atoms with E-state index >= 15 is 0 Å². The fourth-order valence-corrected chi connectivity index (χ4v) is 9.41. The number of hydrogen-bond donors (Lipinski definition) is 0. The molecule has 4 aromatic rings. The van der Waals surface area contributed by atoms with E-state index in [0.29, 0.717) is 22.3 Å². The minimum Gasteiger partial charge on any atom is -0.449 e. The van der Waals surface area contributed by atoms with Gasteiger partial charge in [0.05, 0.1) is 5.02 Å². The minimum atomic E-state index is 0.147. The molecule has 0 atom stereocenters. The molecule has 1 aliphatic heterocycles. The number of para-hydroxylation sites is 2. The molecule has 182 valence electrons. The quantitative estimate of drug-likeness (QED) is 0.227. The summed E-state index contributed by atoms with van der Waals surface area (Å²) < 4.78 is 12.4. The summed E-state index contributed by atoms with van der Waals surface area (Å²) in [6, 6.07) is 28.2. The lowest BCUT2D eigenvalue weighted by Crippen LogP contribution is -2.55. The second-order valence-electron chi connectivity index (χ2n) is 11.9. The molecule has 4 aromatic carbocycles. The summed E-state index contributed by atoms with van der Waals surface area (Å²) >= 11 is 7.06. The van der Waals surface area contributed by atoms with Crippen LogP contribution in [0.1, 0.15) is 43.2 Å². The molecular formula is C34H27ClO2. The predicted molar refractivity (Wildman–Crippen MR) is 147 cm³/mol. The van der Waals surface area contributed by atoms with Crippen LogP contribution in [0, 0.1) is 23.7 Å². The number of hydrogen-bond acceptors (Lipinski definition) is 2. The molecule has 0 N–H and O–H groups in total. The van der Waals surface area contributed by atoms with Crippen LogP contribution in [-0.4, -0.2) is 0 Å². The first-order valence-electron chi connectivity index (χ1n) is 13.7. The van der Waals surface area contributed by atoms with Crippen LogP contribution in [0.2, 0.25) is 5.02 Å². The Hall–Kier alpha value is -3.23. The van der Waals surface area contributed by atoms with Crippen molar-refractivity contribution in [3.63, 3.8) is 0 Å². The van der Waals surface area contributed by atoms with Gasteiger partial charge in [0.25, 0.3) is 0 Å². The van der Waals surface area contributed by atoms with Crippen molar-refractivity contribution in [1.29, 1.82) is 0 Å². The van der Waals surface area contributed by atoms with E-state index < -0.39 is 0 Å². The Kier molecular flexibility index (Phi) is 4.05. The molecule has 6 aliphatic rings. The molecule has 1 spiro atoms. The fraction of sp³-hybridized carbons (Fsp3) is 0.294. The molecule has 4 bridgehead atoms. The van der Waals surface area contributed by atoms with Gasteiger partial charge < -0.3 is 9.47 Å². The van der Waals surface area contributed by atoms with Crippen molar-refractivity contribution in [1.82, 2.24) is 0 Å². The van der Waals surface area contributed by atoms with Gasteiger partial charge in [-0.15, -0.1) is 0 Å². The summed E-state index contributed by atoms with van der Waals surface area (Å²) in [4.78, 5) is 0. The third kappa shape index (κ3) is 2.62. The van der Waals surface area contributed by atoms with Gasteiger partial charge in [-0.2, -0.15) is 0 Å². The van der Waals surface area contributed by atoms with E-state index in [2.05, 4.69) is 48.5 Å². The Balaban J connectivity index is 1.22. The first kappa shape index (κ1) is 20.8. The van der Waals surface area contributed by atoms with Crippen molar-refractivity contribution in [3.05, 3.63) is 95.0 Å². The lowest BCUT2D eigenvalue weighted by molar-refractivity contribution is -0.0399. The van der Waals surface area contributed by atoms with Gasteiger partial charge in [0.1, 0.15) is 0 Å². The smallest absolute Gasteiger partial charge is 0.189 e. The molecule has 1 heterocycles. The highest BCUT2D eigenvalue weighted by Gasteiger charge is 2.61. The molecule has 3 heteroatoms. The fourth-order valence-electron chi connectivity index (χ4n) is 9.10. The van der Waals surface area contributed by atoms with E-state index in [-0.39, 0.29) is 5.41 Å².